The van der Waals surface area contributed by atoms with E-state index in [2.05, 4.69) is 92.0 Å². The van der Waals surface area contributed by atoms with Crippen molar-refractivity contribution in [2.24, 2.45) is 23.5 Å². The molecule has 4 aliphatic heterocycles. The van der Waals surface area contributed by atoms with Crippen molar-refractivity contribution in [1.82, 2.24) is 4.90 Å². The van der Waals surface area contributed by atoms with Crippen molar-refractivity contribution in [3.05, 3.63) is 11.6 Å². The molecule has 3 fully saturated rings. The lowest BCUT2D eigenvalue weighted by atomic mass is 9.78. The molecule has 13 heteroatoms. The van der Waals surface area contributed by atoms with Gasteiger partial charge in [0.2, 0.25) is 5.84 Å². The minimum Gasteiger partial charge on any atom is -0.459 e. The molecule has 13 atom stereocenters. The zero-order valence-corrected chi connectivity index (χ0v) is 35.8. The highest BCUT2D eigenvalue weighted by atomic mass is 28.4. The van der Waals surface area contributed by atoms with Crippen LogP contribution in [0.15, 0.2) is 11.6 Å². The van der Waals surface area contributed by atoms with Crippen LogP contribution in [0.25, 0.3) is 0 Å². The van der Waals surface area contributed by atoms with Crippen LogP contribution >= 0.6 is 0 Å². The van der Waals surface area contributed by atoms with Gasteiger partial charge >= 0.3 is 5.97 Å². The molecule has 0 aromatic carbocycles. The zero-order valence-electron chi connectivity index (χ0n) is 33.8. The van der Waals surface area contributed by atoms with Gasteiger partial charge in [-0.1, -0.05) is 20.8 Å². The first-order valence-electron chi connectivity index (χ1n) is 18.9. The second kappa shape index (κ2) is 14.9. The average Bonchev–Trinajstić information content (AvgIpc) is 3.41. The van der Waals surface area contributed by atoms with E-state index in [1.54, 1.807) is 0 Å². The summed E-state index contributed by atoms with van der Waals surface area (Å²) in [5.74, 6) is -2.03. The van der Waals surface area contributed by atoms with Crippen molar-refractivity contribution in [2.75, 3.05) is 14.1 Å². The molecule has 0 radical (unpaired) electrons. The number of hydrogen-bond acceptors (Lipinski definition) is 9. The lowest BCUT2D eigenvalue weighted by molar-refractivity contribution is -0.326. The van der Waals surface area contributed by atoms with Crippen LogP contribution in [-0.2, 0) is 37.3 Å². The fourth-order valence-electron chi connectivity index (χ4n) is 8.84. The van der Waals surface area contributed by atoms with E-state index in [1.165, 1.54) is 0 Å². The van der Waals surface area contributed by atoms with E-state index in [0.717, 1.165) is 12.0 Å². The standard InChI is InChI=1S/C37H69N3O8Si2/c1-16-28-35(6)21-26(17-18-29(38)39)37(47-35)22(2)20-36(7,48-37)32(24(4)30(45-49(10,11)12)25(5)33(41)43-28)44-34-31(46-50(13,14)15)27(40(8)9)19-23(3)42-34/h21-25,27-28,30-32,34H,16-20H2,1-15H3,(H3,38,39)/p+1/t22-,23-,24+,25-,27+,28-,30+,31-,32-,34?,35?,36-,37?/m1/s1. The van der Waals surface area contributed by atoms with Crippen molar-refractivity contribution in [1.29, 1.82) is 0 Å². The van der Waals surface area contributed by atoms with Crippen LogP contribution in [0.4, 0.5) is 0 Å². The second-order valence-electron chi connectivity index (χ2n) is 18.2. The molecule has 50 heavy (non-hydrogen) atoms. The number of nitrogens with two attached hydrogens (primary N) is 2. The molecule has 11 nitrogen and oxygen atoms in total. The van der Waals surface area contributed by atoms with Gasteiger partial charge in [0.1, 0.15) is 17.8 Å². The van der Waals surface area contributed by atoms with Crippen LogP contribution in [0.5, 0.6) is 0 Å². The summed E-state index contributed by atoms with van der Waals surface area (Å²) in [6.45, 7) is 27.5. The SMILES string of the molecule is CC[C@H]1OC(=O)[C@H](C)[C@@H](O[Si](C)(C)C)[C@H](C)[C@@H](OC2O[C@H](C)C[C@H](N(C)C)[C@H]2O[Si](C)(C)C)[C@@]2(C)C[C@@H](C)C3(OC1(C)C=C3CCC(N)=[NH2+])O2. The lowest BCUT2D eigenvalue weighted by Gasteiger charge is -2.50. The number of cyclic esters (lactones) is 1. The minimum atomic E-state index is -2.18. The maximum absolute atomic E-state index is 14.2. The zero-order chi connectivity index (χ0) is 37.8. The lowest BCUT2D eigenvalue weighted by Crippen LogP contribution is -2.62. The Morgan fingerprint density at radius 2 is 1.62 bits per heavy atom. The summed E-state index contributed by atoms with van der Waals surface area (Å²) in [6, 6.07) is 0.0832. The van der Waals surface area contributed by atoms with Crippen LogP contribution in [0.2, 0.25) is 39.3 Å². The number of hydrogen-bond donors (Lipinski definition) is 2. The van der Waals surface area contributed by atoms with Gasteiger partial charge in [0.25, 0.3) is 0 Å². The van der Waals surface area contributed by atoms with Gasteiger partial charge in [-0.15, -0.1) is 0 Å². The topological polar surface area (TPSA) is 137 Å². The van der Waals surface area contributed by atoms with Crippen LogP contribution in [-0.4, -0.2) is 107 Å². The van der Waals surface area contributed by atoms with Crippen molar-refractivity contribution in [3.63, 3.8) is 0 Å². The number of fused-ring (bicyclic) bond motifs is 2. The molecule has 0 aliphatic carbocycles. The summed E-state index contributed by atoms with van der Waals surface area (Å²) < 4.78 is 48.9. The first-order valence-corrected chi connectivity index (χ1v) is 25.7. The van der Waals surface area contributed by atoms with Crippen molar-refractivity contribution in [3.8, 4) is 0 Å². The Kier molecular flexibility index (Phi) is 12.4. The number of esters is 1. The van der Waals surface area contributed by atoms with Gasteiger partial charge < -0.3 is 37.4 Å². The van der Waals surface area contributed by atoms with Gasteiger partial charge in [-0.2, -0.15) is 0 Å². The van der Waals surface area contributed by atoms with Gasteiger partial charge in [0.15, 0.2) is 28.7 Å². The number of amidine groups is 1. The van der Waals surface area contributed by atoms with Crippen molar-refractivity contribution < 1.29 is 42.7 Å². The Hall–Kier alpha value is -1.17. The first kappa shape index (κ1) is 41.6. The van der Waals surface area contributed by atoms with E-state index in [4.69, 9.17) is 43.7 Å². The second-order valence-corrected chi connectivity index (χ2v) is 27.1. The van der Waals surface area contributed by atoms with E-state index >= 15 is 0 Å². The molecule has 0 saturated carbocycles. The molecule has 3 unspecified atom stereocenters. The molecule has 0 aromatic rings. The fourth-order valence-corrected chi connectivity index (χ4v) is 11.2. The summed E-state index contributed by atoms with van der Waals surface area (Å²) in [6.07, 6.45) is 2.47. The number of ether oxygens (including phenoxy) is 5. The van der Waals surface area contributed by atoms with Gasteiger partial charge in [-0.25, -0.2) is 0 Å². The third kappa shape index (κ3) is 8.78. The average molecular weight is 741 g/mol. The van der Waals surface area contributed by atoms with E-state index in [0.29, 0.717) is 31.5 Å². The fraction of sp³-hybridized carbons (Fsp3) is 0.892. The highest BCUT2D eigenvalue weighted by molar-refractivity contribution is 6.70. The molecule has 3 saturated heterocycles. The molecule has 4 rings (SSSR count). The highest BCUT2D eigenvalue weighted by Crippen LogP contribution is 2.57. The Morgan fingerprint density at radius 3 is 2.16 bits per heavy atom. The molecular weight excluding hydrogens is 671 g/mol. The number of likely N-dealkylation sites (N-methyl/N-ethyl adjacent to an activating group) is 1. The molecule has 1 spiro atoms. The van der Waals surface area contributed by atoms with Crippen LogP contribution in [0.3, 0.4) is 0 Å². The Balaban J connectivity index is 1.91. The van der Waals surface area contributed by atoms with Crippen LogP contribution < -0.4 is 11.1 Å². The maximum atomic E-state index is 14.2. The third-order valence-electron chi connectivity index (χ3n) is 10.9. The largest absolute Gasteiger partial charge is 0.459 e. The molecule has 4 aliphatic rings. The Morgan fingerprint density at radius 1 is 1.02 bits per heavy atom. The van der Waals surface area contributed by atoms with Crippen molar-refractivity contribution in [2.45, 2.75) is 180 Å². The highest BCUT2D eigenvalue weighted by Gasteiger charge is 2.65. The summed E-state index contributed by atoms with van der Waals surface area (Å²) in [5.41, 5.74) is 5.17. The monoisotopic (exact) mass is 740 g/mol. The summed E-state index contributed by atoms with van der Waals surface area (Å²) in [4.78, 5) is 16.4. The number of carbonyl (C=O) groups is 1. The summed E-state index contributed by atoms with van der Waals surface area (Å²) in [5, 5.41) is 6.01. The molecule has 3 bridgehead atoms. The molecule has 288 valence electrons. The Bertz CT molecular complexity index is 1270. The minimum absolute atomic E-state index is 0.0571. The van der Waals surface area contributed by atoms with Gasteiger partial charge in [0, 0.05) is 17.9 Å². The normalized spacial score (nSPS) is 42.9. The van der Waals surface area contributed by atoms with E-state index in [-0.39, 0.29) is 36.1 Å². The molecular formula is C37H70N3O8Si2+. The smallest absolute Gasteiger partial charge is 0.311 e. The number of carbonyl (C=O) groups excluding carboxylic acids is 1. The summed E-state index contributed by atoms with van der Waals surface area (Å²) >= 11 is 0. The quantitative estimate of drug-likeness (QED) is 0.102. The number of nitrogens with zero attached hydrogens (tertiary/aromatic N) is 1. The summed E-state index contributed by atoms with van der Waals surface area (Å²) in [7, 11) is -0.0423. The maximum Gasteiger partial charge on any atom is 0.311 e. The van der Waals surface area contributed by atoms with Gasteiger partial charge in [-0.3, -0.25) is 15.9 Å². The van der Waals surface area contributed by atoms with Crippen molar-refractivity contribution >= 4 is 28.4 Å². The van der Waals surface area contributed by atoms with Gasteiger partial charge in [-0.05, 0) is 118 Å². The number of rotatable bonds is 11. The van der Waals surface area contributed by atoms with E-state index in [1.807, 2.05) is 20.8 Å². The molecule has 4 heterocycles. The van der Waals surface area contributed by atoms with Gasteiger partial charge in [0.05, 0.1) is 36.3 Å². The molecule has 0 amide bonds. The molecule has 0 aromatic heterocycles. The molecule has 4 N–H and O–H groups in total. The third-order valence-corrected chi connectivity index (χ3v) is 12.9. The predicted octanol–water partition coefficient (Wildman–Crippen LogP) is 4.61. The van der Waals surface area contributed by atoms with Crippen LogP contribution in [0.1, 0.15) is 80.6 Å². The predicted molar refractivity (Wildman–Crippen MR) is 200 cm³/mol. The van der Waals surface area contributed by atoms with E-state index < -0.39 is 64.1 Å². The Labute approximate surface area is 304 Å². The first-order chi connectivity index (χ1) is 22.8. The van der Waals surface area contributed by atoms with Crippen LogP contribution in [0, 0.1) is 17.8 Å². The van der Waals surface area contributed by atoms with E-state index in [9.17, 15) is 4.79 Å².